The minimum atomic E-state index is 0.360. The zero-order valence-electron chi connectivity index (χ0n) is 14.4. The van der Waals surface area contributed by atoms with Gasteiger partial charge in [0.25, 0.3) is 0 Å². The second-order valence-corrected chi connectivity index (χ2v) is 6.66. The maximum Gasteiger partial charge on any atom is 0.129 e. The van der Waals surface area contributed by atoms with Crippen molar-refractivity contribution >= 4 is 5.82 Å². The van der Waals surface area contributed by atoms with E-state index in [0.717, 1.165) is 43.7 Å². The van der Waals surface area contributed by atoms with Crippen LogP contribution in [0.2, 0.25) is 0 Å². The molecule has 5 heteroatoms. The lowest BCUT2D eigenvalue weighted by Crippen LogP contribution is -2.41. The van der Waals surface area contributed by atoms with E-state index in [4.69, 9.17) is 5.73 Å². The average Bonchev–Trinajstić information content (AvgIpc) is 2.80. The molecule has 3 rings (SSSR count). The highest BCUT2D eigenvalue weighted by Gasteiger charge is 2.26. The van der Waals surface area contributed by atoms with Gasteiger partial charge in [-0.05, 0) is 51.7 Å². The third-order valence-corrected chi connectivity index (χ3v) is 5.11. The Morgan fingerprint density at radius 3 is 2.52 bits per heavy atom. The molecule has 1 saturated carbocycles. The molecule has 0 radical (unpaired) electrons. The first kappa shape index (κ1) is 16.0. The van der Waals surface area contributed by atoms with Gasteiger partial charge in [-0.15, -0.1) is 0 Å². The summed E-state index contributed by atoms with van der Waals surface area (Å²) in [7, 11) is 2.01. The molecule has 1 fully saturated rings. The molecule has 1 aliphatic rings. The van der Waals surface area contributed by atoms with Gasteiger partial charge in [0.2, 0.25) is 0 Å². The third kappa shape index (κ3) is 3.39. The normalized spacial score (nSPS) is 21.4. The quantitative estimate of drug-likeness (QED) is 0.943. The summed E-state index contributed by atoms with van der Waals surface area (Å²) in [6, 6.07) is 7.00. The zero-order valence-corrected chi connectivity index (χ0v) is 14.4. The fourth-order valence-electron chi connectivity index (χ4n) is 3.55. The van der Waals surface area contributed by atoms with Crippen LogP contribution < -0.4 is 10.6 Å². The van der Waals surface area contributed by atoms with Gasteiger partial charge in [-0.2, -0.15) is 5.10 Å². The highest BCUT2D eigenvalue weighted by molar-refractivity contribution is 5.42. The number of hydrogen-bond acceptors (Lipinski definition) is 4. The summed E-state index contributed by atoms with van der Waals surface area (Å²) >= 11 is 0. The topological polar surface area (TPSA) is 60.0 Å². The summed E-state index contributed by atoms with van der Waals surface area (Å²) in [6.45, 7) is 5.10. The summed E-state index contributed by atoms with van der Waals surface area (Å²) in [4.78, 5) is 7.05. The maximum absolute atomic E-state index is 6.09. The Bertz CT molecular complexity index is 641. The van der Waals surface area contributed by atoms with Gasteiger partial charge in [-0.25, -0.2) is 4.98 Å². The summed E-state index contributed by atoms with van der Waals surface area (Å²) in [6.07, 6.45) is 6.34. The molecule has 0 unspecified atom stereocenters. The molecule has 23 heavy (non-hydrogen) atoms. The van der Waals surface area contributed by atoms with Crippen molar-refractivity contribution in [3.8, 4) is 0 Å². The lowest BCUT2D eigenvalue weighted by atomic mass is 9.90. The highest BCUT2D eigenvalue weighted by Crippen LogP contribution is 2.28. The Hall–Kier alpha value is -1.88. The van der Waals surface area contributed by atoms with Crippen molar-refractivity contribution in [2.45, 2.75) is 58.2 Å². The van der Waals surface area contributed by atoms with Crippen molar-refractivity contribution in [3.63, 3.8) is 0 Å². The van der Waals surface area contributed by atoms with Gasteiger partial charge >= 0.3 is 0 Å². The summed E-state index contributed by atoms with van der Waals surface area (Å²) < 4.78 is 1.97. The van der Waals surface area contributed by atoms with Crippen molar-refractivity contribution in [3.05, 3.63) is 41.3 Å². The van der Waals surface area contributed by atoms with Gasteiger partial charge in [0.05, 0.1) is 5.69 Å². The maximum atomic E-state index is 6.09. The first-order valence-electron chi connectivity index (χ1n) is 8.48. The van der Waals surface area contributed by atoms with Crippen LogP contribution in [0.1, 0.15) is 42.6 Å². The van der Waals surface area contributed by atoms with E-state index >= 15 is 0 Å². The fraction of sp³-hybridized carbons (Fsp3) is 0.556. The van der Waals surface area contributed by atoms with Crippen LogP contribution in [0.4, 0.5) is 5.82 Å². The lowest BCUT2D eigenvalue weighted by Gasteiger charge is -2.37. The number of aromatic nitrogens is 3. The molecule has 2 N–H and O–H groups in total. The molecule has 0 aromatic carbocycles. The van der Waals surface area contributed by atoms with E-state index in [2.05, 4.69) is 41.0 Å². The molecule has 0 amide bonds. The van der Waals surface area contributed by atoms with Gasteiger partial charge in [-0.1, -0.05) is 6.07 Å². The van der Waals surface area contributed by atoms with Crippen LogP contribution in [-0.2, 0) is 13.6 Å². The minimum absolute atomic E-state index is 0.360. The Balaban J connectivity index is 1.89. The number of nitrogens with two attached hydrogens (primary N) is 1. The Labute approximate surface area is 138 Å². The zero-order chi connectivity index (χ0) is 16.4. The molecular formula is C18H27N5. The van der Waals surface area contributed by atoms with Crippen LogP contribution in [0.3, 0.4) is 0 Å². The minimum Gasteiger partial charge on any atom is -0.349 e. The molecule has 0 aliphatic heterocycles. The number of nitrogens with zero attached hydrogens (tertiary/aromatic N) is 4. The second-order valence-electron chi connectivity index (χ2n) is 6.66. The van der Waals surface area contributed by atoms with E-state index in [1.807, 2.05) is 24.0 Å². The van der Waals surface area contributed by atoms with Crippen molar-refractivity contribution in [1.29, 1.82) is 0 Å². The van der Waals surface area contributed by atoms with E-state index in [9.17, 15) is 0 Å². The van der Waals surface area contributed by atoms with E-state index in [1.54, 1.807) is 0 Å². The molecule has 2 heterocycles. The van der Waals surface area contributed by atoms with E-state index < -0.39 is 0 Å². The number of rotatable bonds is 4. The van der Waals surface area contributed by atoms with Gasteiger partial charge in [-0.3, -0.25) is 4.68 Å². The van der Waals surface area contributed by atoms with Gasteiger partial charge < -0.3 is 10.6 Å². The lowest BCUT2D eigenvalue weighted by molar-refractivity contribution is 0.372. The molecule has 5 nitrogen and oxygen atoms in total. The van der Waals surface area contributed by atoms with Crippen LogP contribution in [0.15, 0.2) is 24.4 Å². The Morgan fingerprint density at radius 1 is 1.22 bits per heavy atom. The predicted octanol–water partition coefficient (Wildman–Crippen LogP) is 2.71. The molecule has 0 spiro atoms. The van der Waals surface area contributed by atoms with Crippen LogP contribution in [0, 0.1) is 13.8 Å². The first-order chi connectivity index (χ1) is 11.1. The van der Waals surface area contributed by atoms with Crippen molar-refractivity contribution in [2.75, 3.05) is 4.90 Å². The SMILES string of the molecule is Cc1nn(C)c(C)c1CN(c1ccccn1)C1CCC(N)CC1. The number of pyridine rings is 1. The second kappa shape index (κ2) is 6.71. The van der Waals surface area contributed by atoms with E-state index in [1.165, 1.54) is 11.3 Å². The molecule has 0 bridgehead atoms. The highest BCUT2D eigenvalue weighted by atomic mass is 15.3. The molecule has 0 atom stereocenters. The summed E-state index contributed by atoms with van der Waals surface area (Å²) in [5, 5.41) is 4.56. The Morgan fingerprint density at radius 2 is 1.96 bits per heavy atom. The fourth-order valence-corrected chi connectivity index (χ4v) is 3.55. The summed E-state index contributed by atoms with van der Waals surface area (Å²) in [5.74, 6) is 1.05. The molecule has 1 aliphatic carbocycles. The predicted molar refractivity (Wildman–Crippen MR) is 93.3 cm³/mol. The third-order valence-electron chi connectivity index (χ3n) is 5.11. The van der Waals surface area contributed by atoms with Crippen molar-refractivity contribution in [1.82, 2.24) is 14.8 Å². The number of hydrogen-bond donors (Lipinski definition) is 1. The van der Waals surface area contributed by atoms with Crippen molar-refractivity contribution in [2.24, 2.45) is 12.8 Å². The molecule has 2 aromatic rings. The molecular weight excluding hydrogens is 286 g/mol. The van der Waals surface area contributed by atoms with E-state index in [0.29, 0.717) is 12.1 Å². The largest absolute Gasteiger partial charge is 0.349 e. The smallest absolute Gasteiger partial charge is 0.129 e. The van der Waals surface area contributed by atoms with Gasteiger partial charge in [0.1, 0.15) is 5.82 Å². The van der Waals surface area contributed by atoms with E-state index in [-0.39, 0.29) is 0 Å². The Kier molecular flexibility index (Phi) is 4.66. The standard InChI is InChI=1S/C18H27N5/c1-13-17(14(2)22(3)21-13)12-23(18-6-4-5-11-20-18)16-9-7-15(19)8-10-16/h4-6,11,15-16H,7-10,12,19H2,1-3H3. The number of aryl methyl sites for hydroxylation is 2. The van der Waals surface area contributed by atoms with Gasteiger partial charge in [0, 0.05) is 43.1 Å². The van der Waals surface area contributed by atoms with Gasteiger partial charge in [0.15, 0.2) is 0 Å². The van der Waals surface area contributed by atoms with Crippen LogP contribution in [0.25, 0.3) is 0 Å². The molecule has 0 saturated heterocycles. The molecule has 2 aromatic heterocycles. The van der Waals surface area contributed by atoms with Crippen molar-refractivity contribution < 1.29 is 0 Å². The van der Waals surface area contributed by atoms with Crippen LogP contribution in [0.5, 0.6) is 0 Å². The summed E-state index contributed by atoms with van der Waals surface area (Å²) in [5.41, 5.74) is 9.75. The average molecular weight is 313 g/mol. The van der Waals surface area contributed by atoms with Crippen LogP contribution in [-0.4, -0.2) is 26.8 Å². The monoisotopic (exact) mass is 313 g/mol. The first-order valence-corrected chi connectivity index (χ1v) is 8.48. The number of anilines is 1. The van der Waals surface area contributed by atoms with Crippen LogP contribution >= 0.6 is 0 Å². The molecule has 124 valence electrons.